The van der Waals surface area contributed by atoms with Crippen molar-refractivity contribution in [3.8, 4) is 0 Å². The Bertz CT molecular complexity index is 650. The molecule has 24 heavy (non-hydrogen) atoms. The first-order valence-corrected chi connectivity index (χ1v) is 8.71. The quantitative estimate of drug-likeness (QED) is 0.892. The number of anilines is 1. The number of nitrogens with one attached hydrogen (secondary N) is 1. The number of benzene rings is 1. The van der Waals surface area contributed by atoms with Crippen LogP contribution in [0.25, 0.3) is 0 Å². The summed E-state index contributed by atoms with van der Waals surface area (Å²) < 4.78 is 0. The fraction of sp³-hybridized carbons (Fsp3) is 0.579. The van der Waals surface area contributed by atoms with Crippen LogP contribution in [0.1, 0.15) is 50.4 Å². The molecule has 1 aromatic rings. The molecule has 130 valence electrons. The number of amides is 2. The molecule has 2 fully saturated rings. The lowest BCUT2D eigenvalue weighted by molar-refractivity contribution is -0.117. The maximum atomic E-state index is 12.8. The molecular weight excluding hydrogens is 304 g/mol. The van der Waals surface area contributed by atoms with Gasteiger partial charge in [0.2, 0.25) is 5.91 Å². The van der Waals surface area contributed by atoms with E-state index in [2.05, 4.69) is 12.2 Å². The molecule has 0 bridgehead atoms. The third-order valence-corrected chi connectivity index (χ3v) is 5.15. The standard InChI is InChI=1S/C19H26N2O3/c1-12-10-15(12)17(22)20-14-7-4-6-13(11-14)18(23)21-9-5-8-16(21)19(2,3)24/h4,6-7,11-12,15-16,24H,5,8-10H2,1-3H3,(H,20,22). The van der Waals surface area contributed by atoms with Gasteiger partial charge in [0, 0.05) is 23.7 Å². The van der Waals surface area contributed by atoms with E-state index in [0.29, 0.717) is 23.7 Å². The van der Waals surface area contributed by atoms with Gasteiger partial charge in [0.25, 0.3) is 5.91 Å². The van der Waals surface area contributed by atoms with E-state index >= 15 is 0 Å². The van der Waals surface area contributed by atoms with Crippen molar-refractivity contribution in [2.24, 2.45) is 11.8 Å². The maximum absolute atomic E-state index is 12.8. The first-order chi connectivity index (χ1) is 11.3. The molecule has 1 aliphatic carbocycles. The maximum Gasteiger partial charge on any atom is 0.254 e. The Morgan fingerprint density at radius 1 is 1.33 bits per heavy atom. The number of carbonyl (C=O) groups excluding carboxylic acids is 2. The second-order valence-electron chi connectivity index (χ2n) is 7.70. The number of hydrogen-bond acceptors (Lipinski definition) is 3. The van der Waals surface area contributed by atoms with Crippen molar-refractivity contribution in [3.63, 3.8) is 0 Å². The van der Waals surface area contributed by atoms with E-state index in [9.17, 15) is 14.7 Å². The van der Waals surface area contributed by atoms with Crippen LogP contribution in [0.5, 0.6) is 0 Å². The Balaban J connectivity index is 1.73. The van der Waals surface area contributed by atoms with Crippen molar-refractivity contribution < 1.29 is 14.7 Å². The van der Waals surface area contributed by atoms with E-state index in [1.165, 1.54) is 0 Å². The first kappa shape index (κ1) is 17.0. The average molecular weight is 330 g/mol. The normalized spacial score (nSPS) is 26.3. The van der Waals surface area contributed by atoms with E-state index in [1.54, 1.807) is 43.0 Å². The summed E-state index contributed by atoms with van der Waals surface area (Å²) in [6.45, 7) is 6.21. The Morgan fingerprint density at radius 2 is 2.04 bits per heavy atom. The Labute approximate surface area is 143 Å². The summed E-state index contributed by atoms with van der Waals surface area (Å²) in [7, 11) is 0. The molecule has 3 atom stereocenters. The Kier molecular flexibility index (Phi) is 4.38. The summed E-state index contributed by atoms with van der Waals surface area (Å²) in [4.78, 5) is 26.7. The molecule has 2 amide bonds. The van der Waals surface area contributed by atoms with Crippen molar-refractivity contribution in [2.75, 3.05) is 11.9 Å². The van der Waals surface area contributed by atoms with Crippen LogP contribution in [-0.4, -0.2) is 40.0 Å². The highest BCUT2D eigenvalue weighted by atomic mass is 16.3. The van der Waals surface area contributed by atoms with Gasteiger partial charge in [0.15, 0.2) is 0 Å². The number of aliphatic hydroxyl groups is 1. The molecule has 0 aromatic heterocycles. The number of hydrogen-bond donors (Lipinski definition) is 2. The average Bonchev–Trinajstić information content (AvgIpc) is 3.05. The van der Waals surface area contributed by atoms with Gasteiger partial charge in [-0.1, -0.05) is 13.0 Å². The molecule has 1 saturated carbocycles. The molecule has 1 aliphatic heterocycles. The Hall–Kier alpha value is -1.88. The predicted molar refractivity (Wildman–Crippen MR) is 92.7 cm³/mol. The molecule has 2 aliphatic rings. The van der Waals surface area contributed by atoms with E-state index in [1.807, 2.05) is 0 Å². The van der Waals surface area contributed by atoms with Gasteiger partial charge in [-0.05, 0) is 57.2 Å². The smallest absolute Gasteiger partial charge is 0.254 e. The minimum absolute atomic E-state index is 0.0302. The van der Waals surface area contributed by atoms with E-state index in [4.69, 9.17) is 0 Å². The molecular formula is C19H26N2O3. The minimum atomic E-state index is -0.917. The highest BCUT2D eigenvalue weighted by Gasteiger charge is 2.40. The van der Waals surface area contributed by atoms with Crippen LogP contribution in [-0.2, 0) is 4.79 Å². The first-order valence-electron chi connectivity index (χ1n) is 8.71. The second-order valence-corrected chi connectivity index (χ2v) is 7.70. The van der Waals surface area contributed by atoms with Crippen LogP contribution < -0.4 is 5.32 Å². The molecule has 0 radical (unpaired) electrons. The fourth-order valence-corrected chi connectivity index (χ4v) is 3.56. The summed E-state index contributed by atoms with van der Waals surface area (Å²) >= 11 is 0. The van der Waals surface area contributed by atoms with Crippen molar-refractivity contribution in [1.82, 2.24) is 4.90 Å². The van der Waals surface area contributed by atoms with E-state index in [0.717, 1.165) is 19.3 Å². The molecule has 2 N–H and O–H groups in total. The number of likely N-dealkylation sites (tertiary alicyclic amines) is 1. The largest absolute Gasteiger partial charge is 0.388 e. The summed E-state index contributed by atoms with van der Waals surface area (Å²) in [5, 5.41) is 13.2. The third-order valence-electron chi connectivity index (χ3n) is 5.15. The summed E-state index contributed by atoms with van der Waals surface area (Å²) in [6, 6.07) is 6.91. The second kappa shape index (κ2) is 6.20. The van der Waals surface area contributed by atoms with Crippen LogP contribution in [0.4, 0.5) is 5.69 Å². The fourth-order valence-electron chi connectivity index (χ4n) is 3.56. The van der Waals surface area contributed by atoms with Gasteiger partial charge in [0.05, 0.1) is 11.6 Å². The van der Waals surface area contributed by atoms with Crippen molar-refractivity contribution in [3.05, 3.63) is 29.8 Å². The summed E-state index contributed by atoms with van der Waals surface area (Å²) in [6.07, 6.45) is 2.65. The van der Waals surface area contributed by atoms with Gasteiger partial charge in [-0.2, -0.15) is 0 Å². The monoisotopic (exact) mass is 330 g/mol. The zero-order valence-corrected chi connectivity index (χ0v) is 14.6. The summed E-state index contributed by atoms with van der Waals surface area (Å²) in [5.74, 6) is 0.493. The van der Waals surface area contributed by atoms with Crippen molar-refractivity contribution in [1.29, 1.82) is 0 Å². The van der Waals surface area contributed by atoms with Crippen LogP contribution in [0.2, 0.25) is 0 Å². The zero-order chi connectivity index (χ0) is 17.5. The molecule has 0 spiro atoms. The predicted octanol–water partition coefficient (Wildman–Crippen LogP) is 2.66. The van der Waals surface area contributed by atoms with Crippen LogP contribution in [0, 0.1) is 11.8 Å². The summed E-state index contributed by atoms with van der Waals surface area (Å²) in [5.41, 5.74) is 0.289. The van der Waals surface area contributed by atoms with E-state index < -0.39 is 5.60 Å². The lowest BCUT2D eigenvalue weighted by Gasteiger charge is -2.33. The van der Waals surface area contributed by atoms with Gasteiger partial charge in [-0.15, -0.1) is 0 Å². The van der Waals surface area contributed by atoms with Crippen LogP contribution in [0.3, 0.4) is 0 Å². The molecule has 1 saturated heterocycles. The molecule has 1 heterocycles. The number of rotatable bonds is 4. The van der Waals surface area contributed by atoms with Crippen LogP contribution in [0.15, 0.2) is 24.3 Å². The SMILES string of the molecule is CC1CC1C(=O)Nc1cccc(C(=O)N2CCCC2C(C)(C)O)c1. The van der Waals surface area contributed by atoms with Gasteiger partial charge in [-0.3, -0.25) is 9.59 Å². The Morgan fingerprint density at radius 3 is 2.67 bits per heavy atom. The topological polar surface area (TPSA) is 69.6 Å². The van der Waals surface area contributed by atoms with Gasteiger partial charge >= 0.3 is 0 Å². The molecule has 3 rings (SSSR count). The van der Waals surface area contributed by atoms with Gasteiger partial charge < -0.3 is 15.3 Å². The zero-order valence-electron chi connectivity index (χ0n) is 14.6. The number of nitrogens with zero attached hydrogens (tertiary/aromatic N) is 1. The van der Waals surface area contributed by atoms with Crippen LogP contribution >= 0.6 is 0 Å². The number of carbonyl (C=O) groups is 2. The lowest BCUT2D eigenvalue weighted by atomic mass is 9.96. The molecule has 5 nitrogen and oxygen atoms in total. The third kappa shape index (κ3) is 3.46. The van der Waals surface area contributed by atoms with Gasteiger partial charge in [0.1, 0.15) is 0 Å². The molecule has 5 heteroatoms. The van der Waals surface area contributed by atoms with Crippen molar-refractivity contribution in [2.45, 2.75) is 51.7 Å². The molecule has 3 unspecified atom stereocenters. The van der Waals surface area contributed by atoms with Crippen molar-refractivity contribution >= 4 is 17.5 Å². The highest BCUT2D eigenvalue weighted by Crippen LogP contribution is 2.38. The van der Waals surface area contributed by atoms with Gasteiger partial charge in [-0.25, -0.2) is 0 Å². The molecule has 1 aromatic carbocycles. The van der Waals surface area contributed by atoms with E-state index in [-0.39, 0.29) is 23.8 Å². The lowest BCUT2D eigenvalue weighted by Crippen LogP contribution is -2.48. The highest BCUT2D eigenvalue weighted by molar-refractivity contribution is 5.98. The minimum Gasteiger partial charge on any atom is -0.388 e.